The Morgan fingerprint density at radius 1 is 1.25 bits per heavy atom. The molecule has 3 heterocycles. The van der Waals surface area contributed by atoms with Crippen LogP contribution in [0.25, 0.3) is 5.69 Å². The maximum Gasteiger partial charge on any atom is 0.241 e. The standard InChI is InChI=1S/C19H24N8O/c1-2-25-12-10-20-18(25)13-26-11-4-3-5-17(26)19(28)22-15-6-8-16(9-7-15)27-14-21-23-24-27/h6-10,12,14,17H,2-5,11,13H2,1H3,(H,22,28). The number of aromatic nitrogens is 6. The molecule has 1 unspecified atom stereocenters. The van der Waals surface area contributed by atoms with E-state index in [1.807, 2.05) is 36.7 Å². The van der Waals surface area contributed by atoms with E-state index in [1.165, 1.54) is 6.33 Å². The summed E-state index contributed by atoms with van der Waals surface area (Å²) >= 11 is 0. The number of tetrazole rings is 1. The van der Waals surface area contributed by atoms with Crippen molar-refractivity contribution in [3.05, 3.63) is 48.8 Å². The highest BCUT2D eigenvalue weighted by Crippen LogP contribution is 2.21. The number of carbonyl (C=O) groups excluding carboxylic acids is 1. The van der Waals surface area contributed by atoms with Crippen LogP contribution >= 0.6 is 0 Å². The molecule has 1 atom stereocenters. The summed E-state index contributed by atoms with van der Waals surface area (Å²) in [6, 6.07) is 7.35. The molecule has 1 aliphatic rings. The minimum atomic E-state index is -0.144. The van der Waals surface area contributed by atoms with E-state index in [-0.39, 0.29) is 11.9 Å². The molecule has 0 spiro atoms. The van der Waals surface area contributed by atoms with E-state index in [1.54, 1.807) is 4.68 Å². The Hall–Kier alpha value is -3.07. The van der Waals surface area contributed by atoms with E-state index in [9.17, 15) is 4.79 Å². The maximum absolute atomic E-state index is 13.0. The molecule has 1 fully saturated rings. The van der Waals surface area contributed by atoms with Crippen molar-refractivity contribution in [3.63, 3.8) is 0 Å². The van der Waals surface area contributed by atoms with Crippen molar-refractivity contribution in [3.8, 4) is 5.69 Å². The highest BCUT2D eigenvalue weighted by molar-refractivity contribution is 5.94. The fourth-order valence-electron chi connectivity index (χ4n) is 3.64. The monoisotopic (exact) mass is 380 g/mol. The maximum atomic E-state index is 13.0. The SMILES string of the molecule is CCn1ccnc1CN1CCCCC1C(=O)Nc1ccc(-n2cnnn2)cc1. The molecule has 28 heavy (non-hydrogen) atoms. The van der Waals surface area contributed by atoms with Crippen molar-refractivity contribution < 1.29 is 4.79 Å². The van der Waals surface area contributed by atoms with Crippen molar-refractivity contribution in [2.75, 3.05) is 11.9 Å². The van der Waals surface area contributed by atoms with Crippen LogP contribution in [0.2, 0.25) is 0 Å². The molecule has 1 aliphatic heterocycles. The quantitative estimate of drug-likeness (QED) is 0.702. The lowest BCUT2D eigenvalue weighted by atomic mass is 10.0. The van der Waals surface area contributed by atoms with Crippen LogP contribution < -0.4 is 5.32 Å². The number of imidazole rings is 1. The zero-order chi connectivity index (χ0) is 19.3. The van der Waals surface area contributed by atoms with Crippen LogP contribution in [-0.2, 0) is 17.9 Å². The number of piperidine rings is 1. The van der Waals surface area contributed by atoms with Gasteiger partial charge in [-0.05, 0) is 61.0 Å². The van der Waals surface area contributed by atoms with Crippen LogP contribution in [-0.4, -0.2) is 53.2 Å². The first-order chi connectivity index (χ1) is 13.7. The minimum Gasteiger partial charge on any atom is -0.334 e. The molecule has 1 N–H and O–H groups in total. The van der Waals surface area contributed by atoms with Gasteiger partial charge in [-0.1, -0.05) is 6.42 Å². The first-order valence-electron chi connectivity index (χ1n) is 9.63. The average Bonchev–Trinajstić information content (AvgIpc) is 3.41. The molecular formula is C19H24N8O. The lowest BCUT2D eigenvalue weighted by Gasteiger charge is -2.34. The molecule has 0 aliphatic carbocycles. The van der Waals surface area contributed by atoms with Gasteiger partial charge in [-0.25, -0.2) is 9.67 Å². The van der Waals surface area contributed by atoms with E-state index in [2.05, 4.69) is 42.2 Å². The third-order valence-corrected chi connectivity index (χ3v) is 5.15. The smallest absolute Gasteiger partial charge is 0.241 e. The summed E-state index contributed by atoms with van der Waals surface area (Å²) in [5.74, 6) is 1.04. The van der Waals surface area contributed by atoms with E-state index in [0.717, 1.165) is 49.6 Å². The number of rotatable bonds is 6. The molecule has 146 valence electrons. The predicted octanol–water partition coefficient (Wildman–Crippen LogP) is 1.87. The zero-order valence-corrected chi connectivity index (χ0v) is 15.9. The number of likely N-dealkylation sites (tertiary alicyclic amines) is 1. The van der Waals surface area contributed by atoms with Crippen LogP contribution in [0, 0.1) is 0 Å². The Morgan fingerprint density at radius 3 is 2.86 bits per heavy atom. The van der Waals surface area contributed by atoms with Crippen molar-refractivity contribution in [1.29, 1.82) is 0 Å². The number of amides is 1. The third-order valence-electron chi connectivity index (χ3n) is 5.15. The van der Waals surface area contributed by atoms with Gasteiger partial charge in [-0.3, -0.25) is 9.69 Å². The van der Waals surface area contributed by atoms with Crippen LogP contribution in [0.4, 0.5) is 5.69 Å². The molecule has 2 aromatic heterocycles. The van der Waals surface area contributed by atoms with Gasteiger partial charge in [-0.15, -0.1) is 5.10 Å². The second kappa shape index (κ2) is 8.30. The number of hydrogen-bond donors (Lipinski definition) is 1. The van der Waals surface area contributed by atoms with Crippen molar-refractivity contribution in [2.24, 2.45) is 0 Å². The zero-order valence-electron chi connectivity index (χ0n) is 15.9. The molecule has 1 aromatic carbocycles. The van der Waals surface area contributed by atoms with Gasteiger partial charge in [0, 0.05) is 24.6 Å². The van der Waals surface area contributed by atoms with Crippen LogP contribution in [0.5, 0.6) is 0 Å². The molecule has 9 heteroatoms. The first-order valence-corrected chi connectivity index (χ1v) is 9.63. The number of anilines is 1. The largest absolute Gasteiger partial charge is 0.334 e. The Morgan fingerprint density at radius 2 is 2.11 bits per heavy atom. The van der Waals surface area contributed by atoms with Crippen molar-refractivity contribution in [2.45, 2.75) is 45.3 Å². The lowest BCUT2D eigenvalue weighted by molar-refractivity contribution is -0.122. The van der Waals surface area contributed by atoms with Gasteiger partial charge in [0.15, 0.2) is 0 Å². The van der Waals surface area contributed by atoms with Crippen LogP contribution in [0.15, 0.2) is 43.0 Å². The fourth-order valence-corrected chi connectivity index (χ4v) is 3.64. The lowest BCUT2D eigenvalue weighted by Crippen LogP contribution is -2.46. The molecule has 0 saturated carbocycles. The topological polar surface area (TPSA) is 93.8 Å². The molecule has 0 radical (unpaired) electrons. The Labute approximate surface area is 163 Å². The molecular weight excluding hydrogens is 356 g/mol. The summed E-state index contributed by atoms with van der Waals surface area (Å²) in [4.78, 5) is 19.7. The van der Waals surface area contributed by atoms with Gasteiger partial charge in [0.25, 0.3) is 0 Å². The van der Waals surface area contributed by atoms with E-state index in [0.29, 0.717) is 6.54 Å². The van der Waals surface area contributed by atoms with E-state index >= 15 is 0 Å². The summed E-state index contributed by atoms with van der Waals surface area (Å²) in [5, 5.41) is 14.2. The number of aryl methyl sites for hydroxylation is 1. The van der Waals surface area contributed by atoms with Gasteiger partial charge < -0.3 is 9.88 Å². The second-order valence-electron chi connectivity index (χ2n) is 6.90. The van der Waals surface area contributed by atoms with Crippen LogP contribution in [0.3, 0.4) is 0 Å². The van der Waals surface area contributed by atoms with Gasteiger partial charge in [0.2, 0.25) is 5.91 Å². The Bertz CT molecular complexity index is 902. The van der Waals surface area contributed by atoms with Crippen molar-refractivity contribution >= 4 is 11.6 Å². The molecule has 4 rings (SSSR count). The summed E-state index contributed by atoms with van der Waals surface area (Å²) in [7, 11) is 0. The van der Waals surface area contributed by atoms with Gasteiger partial charge in [0.05, 0.1) is 18.3 Å². The predicted molar refractivity (Wildman–Crippen MR) is 104 cm³/mol. The number of nitrogens with zero attached hydrogens (tertiary/aromatic N) is 7. The second-order valence-corrected chi connectivity index (χ2v) is 6.90. The molecule has 3 aromatic rings. The number of hydrogen-bond acceptors (Lipinski definition) is 6. The molecule has 1 amide bonds. The molecule has 9 nitrogen and oxygen atoms in total. The molecule has 0 bridgehead atoms. The summed E-state index contributed by atoms with van der Waals surface area (Å²) in [6.45, 7) is 4.59. The Kier molecular flexibility index (Phi) is 5.43. The highest BCUT2D eigenvalue weighted by Gasteiger charge is 2.29. The van der Waals surface area contributed by atoms with Crippen molar-refractivity contribution in [1.82, 2.24) is 34.7 Å². The van der Waals surface area contributed by atoms with E-state index < -0.39 is 0 Å². The summed E-state index contributed by atoms with van der Waals surface area (Å²) in [5.41, 5.74) is 1.61. The van der Waals surface area contributed by atoms with Gasteiger partial charge >= 0.3 is 0 Å². The minimum absolute atomic E-state index is 0.0319. The normalized spacial score (nSPS) is 17.5. The highest BCUT2D eigenvalue weighted by atomic mass is 16.2. The fraction of sp³-hybridized carbons (Fsp3) is 0.421. The number of nitrogens with one attached hydrogen (secondary N) is 1. The van der Waals surface area contributed by atoms with Crippen LogP contribution in [0.1, 0.15) is 32.0 Å². The van der Waals surface area contributed by atoms with E-state index in [4.69, 9.17) is 0 Å². The first kappa shape index (κ1) is 18.3. The number of benzene rings is 1. The third kappa shape index (κ3) is 3.94. The summed E-state index contributed by atoms with van der Waals surface area (Å²) < 4.78 is 3.70. The molecule has 1 saturated heterocycles. The van der Waals surface area contributed by atoms with Gasteiger partial charge in [0.1, 0.15) is 12.2 Å². The Balaban J connectivity index is 1.43. The number of carbonyl (C=O) groups is 1. The summed E-state index contributed by atoms with van der Waals surface area (Å²) in [6.07, 6.45) is 8.38. The van der Waals surface area contributed by atoms with Gasteiger partial charge in [-0.2, -0.15) is 0 Å². The average molecular weight is 380 g/mol.